The molecule has 0 amide bonds. The summed E-state index contributed by atoms with van der Waals surface area (Å²) >= 11 is 0. The maximum absolute atomic E-state index is 5.27. The van der Waals surface area contributed by atoms with E-state index in [2.05, 4.69) is 41.0 Å². The lowest BCUT2D eigenvalue weighted by atomic mass is 10.1. The number of ether oxygens (including phenoxy) is 3. The summed E-state index contributed by atoms with van der Waals surface area (Å²) in [6, 6.07) is 24.1. The molecule has 154 valence electrons. The predicted octanol–water partition coefficient (Wildman–Crippen LogP) is 4.77. The molecule has 0 aliphatic carbocycles. The Morgan fingerprint density at radius 2 is 1.00 bits per heavy atom. The average molecular weight is 402 g/mol. The van der Waals surface area contributed by atoms with Gasteiger partial charge in [0.1, 0.15) is 17.2 Å². The third-order valence-corrected chi connectivity index (χ3v) is 4.76. The number of methoxy groups -OCH3 is 3. The first-order chi connectivity index (χ1) is 14.7. The van der Waals surface area contributed by atoms with Crippen LogP contribution in [0.15, 0.2) is 72.8 Å². The predicted molar refractivity (Wildman–Crippen MR) is 120 cm³/mol. The van der Waals surface area contributed by atoms with E-state index in [0.717, 1.165) is 35.9 Å². The average Bonchev–Trinajstić information content (AvgIpc) is 2.80. The zero-order chi connectivity index (χ0) is 21.2. The van der Waals surface area contributed by atoms with Gasteiger partial charge in [-0.1, -0.05) is 36.1 Å². The van der Waals surface area contributed by atoms with E-state index >= 15 is 0 Å². The smallest absolute Gasteiger partial charge is 0.118 e. The van der Waals surface area contributed by atoms with E-state index in [0.29, 0.717) is 6.54 Å². The van der Waals surface area contributed by atoms with Crippen molar-refractivity contribution in [1.82, 2.24) is 4.90 Å². The fraction of sp³-hybridized carbons (Fsp3) is 0.231. The highest BCUT2D eigenvalue weighted by molar-refractivity contribution is 5.38. The van der Waals surface area contributed by atoms with Crippen LogP contribution in [0.25, 0.3) is 0 Å². The van der Waals surface area contributed by atoms with E-state index in [1.807, 2.05) is 48.5 Å². The molecule has 4 nitrogen and oxygen atoms in total. The van der Waals surface area contributed by atoms with Gasteiger partial charge in [0.05, 0.1) is 27.9 Å². The molecule has 0 aromatic heterocycles. The van der Waals surface area contributed by atoms with Crippen LogP contribution in [-0.4, -0.2) is 32.8 Å². The van der Waals surface area contributed by atoms with Crippen molar-refractivity contribution >= 4 is 0 Å². The Labute approximate surface area is 179 Å². The monoisotopic (exact) mass is 401 g/mol. The van der Waals surface area contributed by atoms with Crippen molar-refractivity contribution in [2.45, 2.75) is 13.1 Å². The van der Waals surface area contributed by atoms with E-state index in [1.165, 1.54) is 11.1 Å². The van der Waals surface area contributed by atoms with E-state index in [-0.39, 0.29) is 0 Å². The molecule has 4 heteroatoms. The first kappa shape index (κ1) is 21.3. The van der Waals surface area contributed by atoms with Crippen LogP contribution in [0.2, 0.25) is 0 Å². The van der Waals surface area contributed by atoms with Crippen molar-refractivity contribution in [1.29, 1.82) is 0 Å². The molecule has 0 spiro atoms. The molecule has 0 radical (unpaired) electrons. The summed E-state index contributed by atoms with van der Waals surface area (Å²) in [7, 11) is 5.02. The second-order valence-electron chi connectivity index (χ2n) is 6.87. The Hall–Kier alpha value is -3.42. The largest absolute Gasteiger partial charge is 0.497 e. The van der Waals surface area contributed by atoms with Gasteiger partial charge >= 0.3 is 0 Å². The minimum absolute atomic E-state index is 0.657. The maximum Gasteiger partial charge on any atom is 0.118 e. The molecule has 0 bridgehead atoms. The van der Waals surface area contributed by atoms with Gasteiger partial charge in [-0.25, -0.2) is 0 Å². The van der Waals surface area contributed by atoms with E-state index in [4.69, 9.17) is 14.2 Å². The third-order valence-electron chi connectivity index (χ3n) is 4.76. The van der Waals surface area contributed by atoms with Crippen LogP contribution in [0.1, 0.15) is 16.7 Å². The van der Waals surface area contributed by atoms with Crippen LogP contribution in [0, 0.1) is 11.8 Å². The lowest BCUT2D eigenvalue weighted by molar-refractivity contribution is 0.290. The Morgan fingerprint density at radius 1 is 0.600 bits per heavy atom. The Morgan fingerprint density at radius 3 is 1.40 bits per heavy atom. The fourth-order valence-electron chi connectivity index (χ4n) is 3.07. The van der Waals surface area contributed by atoms with E-state index < -0.39 is 0 Å². The quantitative estimate of drug-likeness (QED) is 0.509. The summed E-state index contributed by atoms with van der Waals surface area (Å²) in [5.74, 6) is 9.11. The van der Waals surface area contributed by atoms with Crippen molar-refractivity contribution in [3.8, 4) is 29.1 Å². The molecule has 30 heavy (non-hydrogen) atoms. The molecule has 3 aromatic rings. The first-order valence-corrected chi connectivity index (χ1v) is 9.81. The Kier molecular flexibility index (Phi) is 7.77. The summed E-state index contributed by atoms with van der Waals surface area (Å²) in [4.78, 5) is 2.32. The summed E-state index contributed by atoms with van der Waals surface area (Å²) in [5.41, 5.74) is 3.41. The van der Waals surface area contributed by atoms with Crippen molar-refractivity contribution in [3.63, 3.8) is 0 Å². The zero-order valence-electron chi connectivity index (χ0n) is 17.7. The summed E-state index contributed by atoms with van der Waals surface area (Å²) in [6.45, 7) is 2.25. The standard InChI is InChI=1S/C26H27NO3/c1-28-24-12-6-21(7-13-24)5-4-18-27(19-22-8-14-25(29-2)15-9-22)20-23-10-16-26(30-3)17-11-23/h6-17H,18-20H2,1-3H3. The normalized spacial score (nSPS) is 10.3. The second-order valence-corrected chi connectivity index (χ2v) is 6.87. The summed E-state index contributed by atoms with van der Waals surface area (Å²) in [6.07, 6.45) is 0. The minimum atomic E-state index is 0.657. The molecule has 0 atom stereocenters. The van der Waals surface area contributed by atoms with Gasteiger partial charge in [-0.2, -0.15) is 0 Å². The molecule has 0 unspecified atom stereocenters. The minimum Gasteiger partial charge on any atom is -0.497 e. The first-order valence-electron chi connectivity index (χ1n) is 9.81. The molecule has 0 fully saturated rings. The molecular weight excluding hydrogens is 374 g/mol. The van der Waals surface area contributed by atoms with Gasteiger partial charge in [-0.05, 0) is 59.7 Å². The van der Waals surface area contributed by atoms with Crippen molar-refractivity contribution in [2.75, 3.05) is 27.9 Å². The summed E-state index contributed by atoms with van der Waals surface area (Å²) < 4.78 is 15.7. The van der Waals surface area contributed by atoms with Crippen LogP contribution in [0.3, 0.4) is 0 Å². The molecule has 0 aliphatic heterocycles. The van der Waals surface area contributed by atoms with Gasteiger partial charge in [-0.15, -0.1) is 0 Å². The third kappa shape index (κ3) is 6.30. The highest BCUT2D eigenvalue weighted by Gasteiger charge is 2.07. The van der Waals surface area contributed by atoms with Gasteiger partial charge in [0.25, 0.3) is 0 Å². The lowest BCUT2D eigenvalue weighted by Crippen LogP contribution is -2.23. The Bertz CT molecular complexity index is 919. The zero-order valence-corrected chi connectivity index (χ0v) is 17.7. The second kappa shape index (κ2) is 10.9. The number of hydrogen-bond acceptors (Lipinski definition) is 4. The maximum atomic E-state index is 5.27. The van der Waals surface area contributed by atoms with Crippen LogP contribution in [-0.2, 0) is 13.1 Å². The molecule has 0 N–H and O–H groups in total. The topological polar surface area (TPSA) is 30.9 Å². The number of nitrogens with zero attached hydrogens (tertiary/aromatic N) is 1. The molecule has 0 saturated carbocycles. The van der Waals surface area contributed by atoms with Crippen molar-refractivity contribution in [2.24, 2.45) is 0 Å². The highest BCUT2D eigenvalue weighted by Crippen LogP contribution is 2.17. The molecule has 3 rings (SSSR count). The van der Waals surface area contributed by atoms with Gasteiger partial charge in [0, 0.05) is 18.7 Å². The number of hydrogen-bond donors (Lipinski definition) is 0. The van der Waals surface area contributed by atoms with Gasteiger partial charge < -0.3 is 14.2 Å². The van der Waals surface area contributed by atoms with Crippen LogP contribution in [0.5, 0.6) is 17.2 Å². The van der Waals surface area contributed by atoms with Crippen LogP contribution >= 0.6 is 0 Å². The molecule has 3 aromatic carbocycles. The highest BCUT2D eigenvalue weighted by atomic mass is 16.5. The number of rotatable bonds is 8. The van der Waals surface area contributed by atoms with Gasteiger partial charge in [-0.3, -0.25) is 4.90 Å². The lowest BCUT2D eigenvalue weighted by Gasteiger charge is -2.20. The molecule has 0 saturated heterocycles. The molecule has 0 aliphatic rings. The number of benzene rings is 3. The van der Waals surface area contributed by atoms with Crippen LogP contribution in [0.4, 0.5) is 0 Å². The van der Waals surface area contributed by atoms with Gasteiger partial charge in [0.15, 0.2) is 0 Å². The SMILES string of the molecule is COc1ccc(C#CCN(Cc2ccc(OC)cc2)Cc2ccc(OC)cc2)cc1. The van der Waals surface area contributed by atoms with Crippen molar-refractivity contribution < 1.29 is 14.2 Å². The van der Waals surface area contributed by atoms with E-state index in [9.17, 15) is 0 Å². The summed E-state index contributed by atoms with van der Waals surface area (Å²) in [5, 5.41) is 0. The Balaban J connectivity index is 1.72. The molecular formula is C26H27NO3. The molecule has 0 heterocycles. The van der Waals surface area contributed by atoms with Crippen LogP contribution < -0.4 is 14.2 Å². The van der Waals surface area contributed by atoms with Crippen molar-refractivity contribution in [3.05, 3.63) is 89.5 Å². The fourth-order valence-corrected chi connectivity index (χ4v) is 3.07. The van der Waals surface area contributed by atoms with Gasteiger partial charge in [0.2, 0.25) is 0 Å². The van der Waals surface area contributed by atoms with E-state index in [1.54, 1.807) is 21.3 Å².